The number of rotatable bonds is 5. The Morgan fingerprint density at radius 3 is 2.56 bits per heavy atom. The van der Waals surface area contributed by atoms with E-state index in [1.165, 1.54) is 17.7 Å². The molecule has 0 unspecified atom stereocenters. The van der Waals surface area contributed by atoms with Crippen molar-refractivity contribution in [2.75, 3.05) is 14.2 Å². The molecule has 0 saturated heterocycles. The highest BCUT2D eigenvalue weighted by Crippen LogP contribution is 2.11. The van der Waals surface area contributed by atoms with Crippen molar-refractivity contribution < 1.29 is 9.63 Å². The molecule has 0 bridgehead atoms. The van der Waals surface area contributed by atoms with Crippen LogP contribution in [-0.4, -0.2) is 25.1 Å². The molecule has 0 spiro atoms. The first-order valence-electron chi connectivity index (χ1n) is 5.18. The van der Waals surface area contributed by atoms with E-state index >= 15 is 0 Å². The van der Waals surface area contributed by atoms with Crippen molar-refractivity contribution in [2.24, 2.45) is 0 Å². The van der Waals surface area contributed by atoms with Gasteiger partial charge in [0, 0.05) is 18.5 Å². The summed E-state index contributed by atoms with van der Waals surface area (Å²) in [5.41, 5.74) is 1.19. The summed E-state index contributed by atoms with van der Waals surface area (Å²) < 4.78 is 0. The second-order valence-corrected chi connectivity index (χ2v) is 3.99. The third-order valence-electron chi connectivity index (χ3n) is 2.39. The Morgan fingerprint density at radius 2 is 2.00 bits per heavy atom. The van der Waals surface area contributed by atoms with Crippen molar-refractivity contribution in [1.29, 1.82) is 0 Å². The smallest absolute Gasteiger partial charge is 0.245 e. The number of amides is 1. The first-order chi connectivity index (χ1) is 7.63. The number of hydrogen-bond donors (Lipinski definition) is 0. The first kappa shape index (κ1) is 13.0. The highest BCUT2D eigenvalue weighted by atomic mass is 35.5. The Bertz CT molecular complexity index is 337. The lowest BCUT2D eigenvalue weighted by molar-refractivity contribution is -0.168. The van der Waals surface area contributed by atoms with Crippen molar-refractivity contribution in [3.8, 4) is 0 Å². The Balaban J connectivity index is 2.30. The van der Waals surface area contributed by atoms with Gasteiger partial charge in [0.2, 0.25) is 5.91 Å². The molecule has 0 aromatic heterocycles. The number of benzene rings is 1. The molecule has 0 radical (unpaired) electrons. The summed E-state index contributed by atoms with van der Waals surface area (Å²) in [6.45, 7) is 0. The van der Waals surface area contributed by atoms with Crippen LogP contribution in [0.1, 0.15) is 18.4 Å². The molecule has 88 valence electrons. The summed E-state index contributed by atoms with van der Waals surface area (Å²) in [6, 6.07) is 7.68. The molecule has 0 saturated carbocycles. The minimum atomic E-state index is -0.00327. The molecule has 3 nitrogen and oxygen atoms in total. The number of carbonyl (C=O) groups excluding carboxylic acids is 1. The van der Waals surface area contributed by atoms with Gasteiger partial charge in [-0.2, -0.15) is 0 Å². The summed E-state index contributed by atoms with van der Waals surface area (Å²) in [7, 11) is 3.10. The quantitative estimate of drug-likeness (QED) is 0.742. The number of aryl methyl sites for hydroxylation is 1. The van der Waals surface area contributed by atoms with Crippen LogP contribution in [0.2, 0.25) is 5.02 Å². The van der Waals surface area contributed by atoms with Crippen LogP contribution in [0.3, 0.4) is 0 Å². The summed E-state index contributed by atoms with van der Waals surface area (Å²) in [4.78, 5) is 16.2. The fourth-order valence-electron chi connectivity index (χ4n) is 1.35. The minimum absolute atomic E-state index is 0.00327. The largest absolute Gasteiger partial charge is 0.275 e. The van der Waals surface area contributed by atoms with Gasteiger partial charge in [0.15, 0.2) is 0 Å². The van der Waals surface area contributed by atoms with E-state index in [0.717, 1.165) is 17.9 Å². The molecule has 1 amide bonds. The lowest BCUT2D eigenvalue weighted by Gasteiger charge is -2.13. The van der Waals surface area contributed by atoms with E-state index in [1.807, 2.05) is 24.3 Å². The molecule has 0 atom stereocenters. The van der Waals surface area contributed by atoms with Gasteiger partial charge >= 0.3 is 0 Å². The van der Waals surface area contributed by atoms with Crippen LogP contribution < -0.4 is 0 Å². The van der Waals surface area contributed by atoms with Crippen LogP contribution >= 0.6 is 11.6 Å². The second-order valence-electron chi connectivity index (χ2n) is 3.55. The summed E-state index contributed by atoms with van der Waals surface area (Å²) >= 11 is 5.78. The van der Waals surface area contributed by atoms with E-state index in [0.29, 0.717) is 6.42 Å². The maximum Gasteiger partial charge on any atom is 0.245 e. The van der Waals surface area contributed by atoms with Gasteiger partial charge in [-0.25, -0.2) is 5.06 Å². The molecule has 1 rings (SSSR count). The predicted molar refractivity (Wildman–Crippen MR) is 64.2 cm³/mol. The molecule has 0 heterocycles. The zero-order chi connectivity index (χ0) is 12.0. The van der Waals surface area contributed by atoms with E-state index < -0.39 is 0 Å². The average Bonchev–Trinajstić information content (AvgIpc) is 2.30. The van der Waals surface area contributed by atoms with Crippen LogP contribution in [0.5, 0.6) is 0 Å². The average molecular weight is 242 g/mol. The van der Waals surface area contributed by atoms with Gasteiger partial charge in [-0.1, -0.05) is 23.7 Å². The van der Waals surface area contributed by atoms with E-state index in [2.05, 4.69) is 0 Å². The van der Waals surface area contributed by atoms with Crippen molar-refractivity contribution in [3.05, 3.63) is 34.9 Å². The minimum Gasteiger partial charge on any atom is -0.275 e. The third kappa shape index (κ3) is 4.21. The predicted octanol–water partition coefficient (Wildman–Crippen LogP) is 2.68. The van der Waals surface area contributed by atoms with Gasteiger partial charge in [-0.05, 0) is 30.5 Å². The lowest BCUT2D eigenvalue weighted by atomic mass is 10.1. The fraction of sp³-hybridized carbons (Fsp3) is 0.417. The standard InChI is InChI=1S/C12H16ClNO2/c1-14(16-2)12(15)5-3-4-10-6-8-11(13)9-7-10/h6-9H,3-5H2,1-2H3. The Morgan fingerprint density at radius 1 is 1.38 bits per heavy atom. The van der Waals surface area contributed by atoms with Crippen molar-refractivity contribution in [1.82, 2.24) is 5.06 Å². The van der Waals surface area contributed by atoms with Crippen LogP contribution in [0.25, 0.3) is 0 Å². The third-order valence-corrected chi connectivity index (χ3v) is 2.65. The Hall–Kier alpha value is -1.06. The molecule has 1 aromatic rings. The van der Waals surface area contributed by atoms with Crippen LogP contribution in [-0.2, 0) is 16.1 Å². The normalized spacial score (nSPS) is 10.2. The molecule has 0 fully saturated rings. The SMILES string of the molecule is CON(C)C(=O)CCCc1ccc(Cl)cc1. The molecular formula is C12H16ClNO2. The highest BCUT2D eigenvalue weighted by molar-refractivity contribution is 6.30. The number of nitrogens with zero attached hydrogens (tertiary/aromatic N) is 1. The summed E-state index contributed by atoms with van der Waals surface area (Å²) in [5, 5.41) is 1.99. The molecule has 4 heteroatoms. The molecule has 0 aliphatic carbocycles. The van der Waals surface area contributed by atoms with Crippen molar-refractivity contribution in [3.63, 3.8) is 0 Å². The van der Waals surface area contributed by atoms with Crippen LogP contribution in [0.15, 0.2) is 24.3 Å². The van der Waals surface area contributed by atoms with Gasteiger partial charge in [0.1, 0.15) is 0 Å². The maximum absolute atomic E-state index is 11.4. The summed E-state index contributed by atoms with van der Waals surface area (Å²) in [5.74, 6) is -0.00327. The monoisotopic (exact) mass is 241 g/mol. The molecule has 0 aliphatic rings. The lowest BCUT2D eigenvalue weighted by Crippen LogP contribution is -2.25. The number of carbonyl (C=O) groups is 1. The van der Waals surface area contributed by atoms with E-state index in [9.17, 15) is 4.79 Å². The zero-order valence-corrected chi connectivity index (χ0v) is 10.3. The Kier molecular flexibility index (Phi) is 5.29. The van der Waals surface area contributed by atoms with Gasteiger partial charge in [0.05, 0.1) is 7.11 Å². The van der Waals surface area contributed by atoms with E-state index in [-0.39, 0.29) is 5.91 Å². The summed E-state index contributed by atoms with van der Waals surface area (Å²) in [6.07, 6.45) is 2.18. The molecule has 16 heavy (non-hydrogen) atoms. The maximum atomic E-state index is 11.4. The highest BCUT2D eigenvalue weighted by Gasteiger charge is 2.06. The fourth-order valence-corrected chi connectivity index (χ4v) is 1.48. The number of halogens is 1. The van der Waals surface area contributed by atoms with Gasteiger partial charge < -0.3 is 0 Å². The van der Waals surface area contributed by atoms with Gasteiger partial charge in [-0.15, -0.1) is 0 Å². The number of hydrogen-bond acceptors (Lipinski definition) is 2. The zero-order valence-electron chi connectivity index (χ0n) is 9.57. The molecule has 0 N–H and O–H groups in total. The second kappa shape index (κ2) is 6.51. The van der Waals surface area contributed by atoms with Crippen molar-refractivity contribution >= 4 is 17.5 Å². The number of hydroxylamine groups is 2. The molecular weight excluding hydrogens is 226 g/mol. The van der Waals surface area contributed by atoms with Crippen LogP contribution in [0, 0.1) is 0 Å². The van der Waals surface area contributed by atoms with Gasteiger partial charge in [-0.3, -0.25) is 9.63 Å². The van der Waals surface area contributed by atoms with E-state index in [4.69, 9.17) is 16.4 Å². The van der Waals surface area contributed by atoms with Crippen molar-refractivity contribution in [2.45, 2.75) is 19.3 Å². The molecule has 1 aromatic carbocycles. The van der Waals surface area contributed by atoms with Gasteiger partial charge in [0.25, 0.3) is 0 Å². The Labute approximate surface area is 101 Å². The topological polar surface area (TPSA) is 29.5 Å². The van der Waals surface area contributed by atoms with Crippen LogP contribution in [0.4, 0.5) is 0 Å². The first-order valence-corrected chi connectivity index (χ1v) is 5.56. The van der Waals surface area contributed by atoms with E-state index in [1.54, 1.807) is 7.05 Å². The molecule has 0 aliphatic heterocycles.